The van der Waals surface area contributed by atoms with Gasteiger partial charge in [-0.05, 0) is 78.9 Å². The molecule has 0 unspecified atom stereocenters. The topological polar surface area (TPSA) is 84.5 Å². The summed E-state index contributed by atoms with van der Waals surface area (Å²) < 4.78 is 33.6. The van der Waals surface area contributed by atoms with Crippen LogP contribution >= 0.6 is 0 Å². The van der Waals surface area contributed by atoms with Crippen molar-refractivity contribution in [2.24, 2.45) is 0 Å². The maximum Gasteiger partial charge on any atom is 0.262 e. The van der Waals surface area contributed by atoms with Crippen molar-refractivity contribution in [2.75, 3.05) is 16.6 Å². The number of benzene rings is 3. The summed E-state index contributed by atoms with van der Waals surface area (Å²) in [6.45, 7) is 7.80. The third-order valence-electron chi connectivity index (χ3n) is 4.82. The molecule has 2 N–H and O–H groups in total. The molecule has 0 saturated carbocycles. The van der Waals surface area contributed by atoms with E-state index in [4.69, 9.17) is 4.74 Å². The van der Waals surface area contributed by atoms with Crippen LogP contribution in [0.15, 0.2) is 71.6 Å². The van der Waals surface area contributed by atoms with E-state index in [1.807, 2.05) is 44.2 Å². The molecule has 3 aromatic carbocycles. The zero-order valence-electron chi connectivity index (χ0n) is 18.7. The highest BCUT2D eigenvalue weighted by atomic mass is 32.2. The number of aryl methyl sites for hydroxylation is 2. The Hall–Kier alpha value is -3.32. The van der Waals surface area contributed by atoms with Crippen LogP contribution in [0.1, 0.15) is 36.5 Å². The SMILES string of the molecule is Cc1cc(C)cc(NS(=O)(=O)c2ccc(NC(=O)COc3ccccc3C(C)C)cc2)c1. The van der Waals surface area contributed by atoms with Crippen molar-refractivity contribution >= 4 is 27.3 Å². The number of hydrogen-bond acceptors (Lipinski definition) is 4. The second-order valence-electron chi connectivity index (χ2n) is 8.04. The van der Waals surface area contributed by atoms with Crippen molar-refractivity contribution in [3.63, 3.8) is 0 Å². The first kappa shape index (κ1) is 23.3. The average Bonchev–Trinajstić information content (AvgIpc) is 2.71. The van der Waals surface area contributed by atoms with Gasteiger partial charge in [0.05, 0.1) is 4.90 Å². The maximum atomic E-state index is 12.7. The van der Waals surface area contributed by atoms with Gasteiger partial charge in [0, 0.05) is 11.4 Å². The van der Waals surface area contributed by atoms with Gasteiger partial charge < -0.3 is 10.1 Å². The number of hydrogen-bond donors (Lipinski definition) is 2. The first-order valence-electron chi connectivity index (χ1n) is 10.4. The summed E-state index contributed by atoms with van der Waals surface area (Å²) in [5, 5.41) is 2.72. The molecule has 0 aliphatic heterocycles. The van der Waals surface area contributed by atoms with Crippen LogP contribution in [-0.4, -0.2) is 20.9 Å². The van der Waals surface area contributed by atoms with Crippen LogP contribution < -0.4 is 14.8 Å². The zero-order valence-corrected chi connectivity index (χ0v) is 19.5. The summed E-state index contributed by atoms with van der Waals surface area (Å²) in [5.74, 6) is 0.630. The van der Waals surface area contributed by atoms with E-state index in [-0.39, 0.29) is 23.3 Å². The van der Waals surface area contributed by atoms with Crippen LogP contribution in [-0.2, 0) is 14.8 Å². The highest BCUT2D eigenvalue weighted by Crippen LogP contribution is 2.26. The van der Waals surface area contributed by atoms with Crippen molar-refractivity contribution in [1.82, 2.24) is 0 Å². The summed E-state index contributed by atoms with van der Waals surface area (Å²) in [6.07, 6.45) is 0. The van der Waals surface area contributed by atoms with Crippen molar-refractivity contribution in [3.05, 3.63) is 83.4 Å². The molecule has 0 saturated heterocycles. The van der Waals surface area contributed by atoms with E-state index in [2.05, 4.69) is 23.9 Å². The van der Waals surface area contributed by atoms with Gasteiger partial charge in [0.25, 0.3) is 15.9 Å². The number of carbonyl (C=O) groups is 1. The molecule has 3 aromatic rings. The highest BCUT2D eigenvalue weighted by molar-refractivity contribution is 7.92. The quantitative estimate of drug-likeness (QED) is 0.489. The van der Waals surface area contributed by atoms with E-state index < -0.39 is 10.0 Å². The minimum atomic E-state index is -3.74. The molecule has 0 aromatic heterocycles. The third kappa shape index (κ3) is 6.11. The third-order valence-corrected chi connectivity index (χ3v) is 6.22. The molecule has 32 heavy (non-hydrogen) atoms. The predicted molar refractivity (Wildman–Crippen MR) is 128 cm³/mol. The van der Waals surface area contributed by atoms with Gasteiger partial charge in [0.1, 0.15) is 5.75 Å². The minimum absolute atomic E-state index is 0.108. The monoisotopic (exact) mass is 452 g/mol. The fourth-order valence-corrected chi connectivity index (χ4v) is 4.43. The molecule has 7 heteroatoms. The van der Waals surface area contributed by atoms with Gasteiger partial charge in [-0.25, -0.2) is 8.42 Å². The lowest BCUT2D eigenvalue weighted by Gasteiger charge is -2.14. The smallest absolute Gasteiger partial charge is 0.262 e. The lowest BCUT2D eigenvalue weighted by molar-refractivity contribution is -0.118. The number of ether oxygens (including phenoxy) is 1. The summed E-state index contributed by atoms with van der Waals surface area (Å²) in [4.78, 5) is 12.4. The van der Waals surface area contributed by atoms with Crippen LogP contribution in [0.2, 0.25) is 0 Å². The summed E-state index contributed by atoms with van der Waals surface area (Å²) in [7, 11) is -3.74. The number of para-hydroxylation sites is 1. The first-order chi connectivity index (χ1) is 15.1. The number of sulfonamides is 1. The number of rotatable bonds is 8. The predicted octanol–water partition coefficient (Wildman–Crippen LogP) is 5.25. The molecule has 0 aliphatic rings. The van der Waals surface area contributed by atoms with Crippen LogP contribution in [0.5, 0.6) is 5.75 Å². The Balaban J connectivity index is 1.62. The highest BCUT2D eigenvalue weighted by Gasteiger charge is 2.15. The normalized spacial score (nSPS) is 11.3. The van der Waals surface area contributed by atoms with Gasteiger partial charge in [0.2, 0.25) is 0 Å². The van der Waals surface area contributed by atoms with Gasteiger partial charge in [0.15, 0.2) is 6.61 Å². The largest absolute Gasteiger partial charge is 0.483 e. The lowest BCUT2D eigenvalue weighted by atomic mass is 10.0. The molecular formula is C25H28N2O4S. The van der Waals surface area contributed by atoms with Crippen molar-refractivity contribution in [2.45, 2.75) is 38.5 Å². The van der Waals surface area contributed by atoms with E-state index >= 15 is 0 Å². The Morgan fingerprint density at radius 2 is 1.53 bits per heavy atom. The molecule has 3 rings (SSSR count). The Bertz CT molecular complexity index is 1180. The van der Waals surface area contributed by atoms with E-state index in [0.29, 0.717) is 17.1 Å². The summed E-state index contributed by atoms with van der Waals surface area (Å²) in [5.41, 5.74) is 3.98. The number of carbonyl (C=O) groups excluding carboxylic acids is 1. The van der Waals surface area contributed by atoms with Crippen LogP contribution in [0.4, 0.5) is 11.4 Å². The Morgan fingerprint density at radius 1 is 0.906 bits per heavy atom. The molecule has 0 radical (unpaired) electrons. The summed E-state index contributed by atoms with van der Waals surface area (Å²) >= 11 is 0. The fourth-order valence-electron chi connectivity index (χ4n) is 3.39. The number of amides is 1. The van der Waals surface area contributed by atoms with Crippen LogP contribution in [0, 0.1) is 13.8 Å². The molecular weight excluding hydrogens is 424 g/mol. The molecule has 0 bridgehead atoms. The molecule has 1 amide bonds. The van der Waals surface area contributed by atoms with Gasteiger partial charge in [-0.3, -0.25) is 9.52 Å². The first-order valence-corrected chi connectivity index (χ1v) is 11.8. The Kier molecular flexibility index (Phi) is 7.20. The van der Waals surface area contributed by atoms with Crippen molar-refractivity contribution in [3.8, 4) is 5.75 Å². The molecule has 6 nitrogen and oxygen atoms in total. The molecule has 0 spiro atoms. The number of nitrogens with one attached hydrogen (secondary N) is 2. The van der Waals surface area contributed by atoms with E-state index in [1.54, 1.807) is 24.3 Å². The molecule has 0 aliphatic carbocycles. The molecule has 0 atom stereocenters. The van der Waals surface area contributed by atoms with Crippen molar-refractivity contribution in [1.29, 1.82) is 0 Å². The van der Waals surface area contributed by atoms with Gasteiger partial charge >= 0.3 is 0 Å². The van der Waals surface area contributed by atoms with E-state index in [0.717, 1.165) is 16.7 Å². The van der Waals surface area contributed by atoms with Gasteiger partial charge in [-0.15, -0.1) is 0 Å². The lowest BCUT2D eigenvalue weighted by Crippen LogP contribution is -2.20. The Morgan fingerprint density at radius 3 is 2.16 bits per heavy atom. The molecule has 0 heterocycles. The molecule has 0 fully saturated rings. The summed E-state index contributed by atoms with van der Waals surface area (Å²) in [6, 6.07) is 19.1. The van der Waals surface area contributed by atoms with Crippen LogP contribution in [0.25, 0.3) is 0 Å². The second-order valence-corrected chi connectivity index (χ2v) is 9.72. The second kappa shape index (κ2) is 9.87. The number of anilines is 2. The standard InChI is InChI=1S/C25H28N2O4S/c1-17(2)23-7-5-6-8-24(23)31-16-25(28)26-20-9-11-22(12-10-20)32(29,30)27-21-14-18(3)13-19(4)15-21/h5-15,17,27H,16H2,1-4H3,(H,26,28). The fraction of sp³-hybridized carbons (Fsp3) is 0.240. The average molecular weight is 453 g/mol. The van der Waals surface area contributed by atoms with Crippen LogP contribution in [0.3, 0.4) is 0 Å². The van der Waals surface area contributed by atoms with Gasteiger partial charge in [-0.2, -0.15) is 0 Å². The van der Waals surface area contributed by atoms with Crippen molar-refractivity contribution < 1.29 is 17.9 Å². The van der Waals surface area contributed by atoms with Gasteiger partial charge in [-0.1, -0.05) is 38.1 Å². The molecule has 168 valence electrons. The zero-order chi connectivity index (χ0) is 23.3. The Labute approximate surface area is 189 Å². The maximum absolute atomic E-state index is 12.7. The van der Waals surface area contributed by atoms with E-state index in [1.165, 1.54) is 12.1 Å². The minimum Gasteiger partial charge on any atom is -0.483 e. The van der Waals surface area contributed by atoms with E-state index in [9.17, 15) is 13.2 Å².